The van der Waals surface area contributed by atoms with Gasteiger partial charge in [0, 0.05) is 12.1 Å². The SMILES string of the molecule is CCCCC(=O)Nc1ccc(S(N)(=O)=O)c(C)c1. The van der Waals surface area contributed by atoms with Gasteiger partial charge >= 0.3 is 0 Å². The maximum absolute atomic E-state index is 11.5. The molecule has 100 valence electrons. The number of primary sulfonamides is 1. The van der Waals surface area contributed by atoms with Gasteiger partial charge in [-0.15, -0.1) is 0 Å². The lowest BCUT2D eigenvalue weighted by Crippen LogP contribution is -2.15. The van der Waals surface area contributed by atoms with Crippen LogP contribution in [0.25, 0.3) is 0 Å². The second-order valence-corrected chi connectivity index (χ2v) is 5.71. The summed E-state index contributed by atoms with van der Waals surface area (Å²) in [6.07, 6.45) is 2.25. The average molecular weight is 270 g/mol. The largest absolute Gasteiger partial charge is 0.326 e. The van der Waals surface area contributed by atoms with Crippen LogP contribution >= 0.6 is 0 Å². The van der Waals surface area contributed by atoms with Crippen LogP contribution in [-0.2, 0) is 14.8 Å². The molecule has 0 bridgehead atoms. The van der Waals surface area contributed by atoms with E-state index in [0.29, 0.717) is 17.7 Å². The minimum atomic E-state index is -3.71. The van der Waals surface area contributed by atoms with E-state index < -0.39 is 10.0 Å². The fourth-order valence-electron chi connectivity index (χ4n) is 1.61. The normalized spacial score (nSPS) is 11.3. The molecule has 0 fully saturated rings. The smallest absolute Gasteiger partial charge is 0.238 e. The Labute approximate surface area is 107 Å². The van der Waals surface area contributed by atoms with E-state index in [-0.39, 0.29) is 10.8 Å². The first-order chi connectivity index (χ1) is 8.34. The first-order valence-electron chi connectivity index (χ1n) is 5.78. The van der Waals surface area contributed by atoms with Crippen LogP contribution in [0, 0.1) is 6.92 Å². The zero-order chi connectivity index (χ0) is 13.8. The number of aryl methyl sites for hydroxylation is 1. The third-order valence-corrected chi connectivity index (χ3v) is 3.59. The predicted octanol–water partition coefficient (Wildman–Crippen LogP) is 1.77. The highest BCUT2D eigenvalue weighted by atomic mass is 32.2. The maximum Gasteiger partial charge on any atom is 0.238 e. The highest BCUT2D eigenvalue weighted by Crippen LogP contribution is 2.18. The summed E-state index contributed by atoms with van der Waals surface area (Å²) in [5.41, 5.74) is 1.10. The van der Waals surface area contributed by atoms with Crippen molar-refractivity contribution < 1.29 is 13.2 Å². The molecule has 1 aromatic carbocycles. The third-order valence-electron chi connectivity index (χ3n) is 2.52. The van der Waals surface area contributed by atoms with E-state index >= 15 is 0 Å². The summed E-state index contributed by atoms with van der Waals surface area (Å²) < 4.78 is 22.4. The van der Waals surface area contributed by atoms with E-state index in [2.05, 4.69) is 5.32 Å². The van der Waals surface area contributed by atoms with Crippen LogP contribution in [0.2, 0.25) is 0 Å². The molecule has 0 saturated heterocycles. The van der Waals surface area contributed by atoms with Crippen LogP contribution in [0.4, 0.5) is 5.69 Å². The molecule has 0 aliphatic carbocycles. The highest BCUT2D eigenvalue weighted by Gasteiger charge is 2.12. The Bertz CT molecular complexity index is 538. The standard InChI is InChI=1S/C12H18N2O3S/c1-3-4-5-12(15)14-10-6-7-11(9(2)8-10)18(13,16)17/h6-8H,3-5H2,1-2H3,(H,14,15)(H2,13,16,17). The monoisotopic (exact) mass is 270 g/mol. The lowest BCUT2D eigenvalue weighted by Gasteiger charge is -2.08. The van der Waals surface area contributed by atoms with E-state index in [1.54, 1.807) is 13.0 Å². The van der Waals surface area contributed by atoms with E-state index in [0.717, 1.165) is 12.8 Å². The summed E-state index contributed by atoms with van der Waals surface area (Å²) in [6.45, 7) is 3.65. The van der Waals surface area contributed by atoms with E-state index in [1.807, 2.05) is 6.92 Å². The van der Waals surface area contributed by atoms with Gasteiger partial charge in [-0.1, -0.05) is 13.3 Å². The topological polar surface area (TPSA) is 89.3 Å². The van der Waals surface area contributed by atoms with Gasteiger partial charge in [0.2, 0.25) is 15.9 Å². The fraction of sp³-hybridized carbons (Fsp3) is 0.417. The molecule has 5 nitrogen and oxygen atoms in total. The molecule has 1 rings (SSSR count). The average Bonchev–Trinajstić information content (AvgIpc) is 2.24. The summed E-state index contributed by atoms with van der Waals surface area (Å²) in [5, 5.41) is 7.78. The Hall–Kier alpha value is -1.40. The molecule has 0 atom stereocenters. The number of carbonyl (C=O) groups is 1. The molecule has 0 aromatic heterocycles. The molecular weight excluding hydrogens is 252 g/mol. The van der Waals surface area contributed by atoms with Crippen LogP contribution in [-0.4, -0.2) is 14.3 Å². The zero-order valence-corrected chi connectivity index (χ0v) is 11.4. The first kappa shape index (κ1) is 14.7. The van der Waals surface area contributed by atoms with E-state index in [4.69, 9.17) is 5.14 Å². The molecule has 18 heavy (non-hydrogen) atoms. The number of hydrogen-bond donors (Lipinski definition) is 2. The lowest BCUT2D eigenvalue weighted by atomic mass is 10.2. The number of nitrogens with one attached hydrogen (secondary N) is 1. The second kappa shape index (κ2) is 5.97. The highest BCUT2D eigenvalue weighted by molar-refractivity contribution is 7.89. The minimum absolute atomic E-state index is 0.0698. The number of benzene rings is 1. The van der Waals surface area contributed by atoms with Crippen molar-refractivity contribution in [2.45, 2.75) is 38.0 Å². The number of sulfonamides is 1. The molecule has 0 radical (unpaired) electrons. The number of amides is 1. The molecule has 1 aromatic rings. The number of hydrogen-bond acceptors (Lipinski definition) is 3. The molecule has 0 spiro atoms. The van der Waals surface area contributed by atoms with Crippen LogP contribution in [0.5, 0.6) is 0 Å². The predicted molar refractivity (Wildman–Crippen MR) is 70.7 cm³/mol. The van der Waals surface area contributed by atoms with Gasteiger partial charge in [-0.3, -0.25) is 4.79 Å². The maximum atomic E-state index is 11.5. The molecule has 6 heteroatoms. The number of anilines is 1. The number of nitrogens with two attached hydrogens (primary N) is 1. The van der Waals surface area contributed by atoms with Crippen LogP contribution in [0.3, 0.4) is 0 Å². The molecule has 0 saturated carbocycles. The zero-order valence-electron chi connectivity index (χ0n) is 10.6. The Morgan fingerprint density at radius 1 is 1.39 bits per heavy atom. The number of carbonyl (C=O) groups excluding carboxylic acids is 1. The Balaban J connectivity index is 2.82. The quantitative estimate of drug-likeness (QED) is 0.854. The molecule has 0 unspecified atom stereocenters. The lowest BCUT2D eigenvalue weighted by molar-refractivity contribution is -0.116. The summed E-state index contributed by atoms with van der Waals surface area (Å²) in [6, 6.07) is 4.54. The van der Waals surface area contributed by atoms with Crippen molar-refractivity contribution in [2.75, 3.05) is 5.32 Å². The molecule has 0 heterocycles. The summed E-state index contributed by atoms with van der Waals surface area (Å²) in [4.78, 5) is 11.6. The van der Waals surface area contributed by atoms with E-state index in [9.17, 15) is 13.2 Å². The summed E-state index contributed by atoms with van der Waals surface area (Å²) >= 11 is 0. The van der Waals surface area contributed by atoms with Crippen molar-refractivity contribution in [3.05, 3.63) is 23.8 Å². The van der Waals surface area contributed by atoms with Crippen molar-refractivity contribution in [3.8, 4) is 0 Å². The van der Waals surface area contributed by atoms with Gasteiger partial charge in [0.25, 0.3) is 0 Å². The second-order valence-electron chi connectivity index (χ2n) is 4.18. The molecule has 1 amide bonds. The summed E-state index contributed by atoms with van der Waals surface area (Å²) in [5.74, 6) is -0.0698. The summed E-state index contributed by atoms with van der Waals surface area (Å²) in [7, 11) is -3.71. The van der Waals surface area contributed by atoms with Gasteiger partial charge in [-0.25, -0.2) is 13.6 Å². The van der Waals surface area contributed by atoms with Crippen molar-refractivity contribution in [1.29, 1.82) is 0 Å². The van der Waals surface area contributed by atoms with Gasteiger partial charge in [0.15, 0.2) is 0 Å². The van der Waals surface area contributed by atoms with Crippen molar-refractivity contribution in [3.63, 3.8) is 0 Å². The van der Waals surface area contributed by atoms with Gasteiger partial charge in [-0.2, -0.15) is 0 Å². The Morgan fingerprint density at radius 2 is 2.06 bits per heavy atom. The van der Waals surface area contributed by atoms with Gasteiger partial charge < -0.3 is 5.32 Å². The van der Waals surface area contributed by atoms with Crippen molar-refractivity contribution >= 4 is 21.6 Å². The number of unbranched alkanes of at least 4 members (excludes halogenated alkanes) is 1. The fourth-order valence-corrected chi connectivity index (χ4v) is 2.37. The molecule has 0 aliphatic heterocycles. The van der Waals surface area contributed by atoms with Gasteiger partial charge in [0.1, 0.15) is 0 Å². The van der Waals surface area contributed by atoms with Crippen LogP contribution in [0.1, 0.15) is 31.7 Å². The molecule has 0 aliphatic rings. The Kier molecular flexibility index (Phi) is 4.86. The van der Waals surface area contributed by atoms with Crippen LogP contribution in [0.15, 0.2) is 23.1 Å². The minimum Gasteiger partial charge on any atom is -0.326 e. The third kappa shape index (κ3) is 4.12. The molecule has 3 N–H and O–H groups in total. The van der Waals surface area contributed by atoms with Crippen LogP contribution < -0.4 is 10.5 Å². The molecular formula is C12H18N2O3S. The van der Waals surface area contributed by atoms with Crippen molar-refractivity contribution in [2.24, 2.45) is 5.14 Å². The van der Waals surface area contributed by atoms with Gasteiger partial charge in [-0.05, 0) is 37.1 Å². The number of rotatable bonds is 5. The van der Waals surface area contributed by atoms with Gasteiger partial charge in [0.05, 0.1) is 4.90 Å². The van der Waals surface area contributed by atoms with E-state index in [1.165, 1.54) is 12.1 Å². The van der Waals surface area contributed by atoms with Crippen molar-refractivity contribution in [1.82, 2.24) is 0 Å². The first-order valence-corrected chi connectivity index (χ1v) is 7.32. The Morgan fingerprint density at radius 3 is 2.56 bits per heavy atom.